The zero-order valence-electron chi connectivity index (χ0n) is 15.9. The predicted molar refractivity (Wildman–Crippen MR) is 119 cm³/mol. The van der Waals surface area contributed by atoms with Gasteiger partial charge in [0.05, 0.1) is 19.3 Å². The van der Waals surface area contributed by atoms with Crippen LogP contribution < -0.4 is 10.6 Å². The van der Waals surface area contributed by atoms with Crippen molar-refractivity contribution in [2.24, 2.45) is 0 Å². The van der Waals surface area contributed by atoms with Crippen LogP contribution in [0.5, 0.6) is 0 Å². The van der Waals surface area contributed by atoms with Crippen molar-refractivity contribution in [1.82, 2.24) is 10.6 Å². The molecule has 144 valence electrons. The molecule has 0 aliphatic heterocycles. The Labute approximate surface area is 172 Å². The molecule has 0 unspecified atom stereocenters. The standard InChI is InChI=1S/C24H26N2OS/c28-24(25-17-16-20-10-4-1-5-11-20)26-23(22-14-8-3-9-15-22)19-27-18-21-12-6-2-7-13-21/h1-15,23H,16-19H2,(H2,25,26,28)/t23-/m1/s1. The highest BCUT2D eigenvalue weighted by Gasteiger charge is 2.13. The van der Waals surface area contributed by atoms with Gasteiger partial charge in [0, 0.05) is 6.54 Å². The van der Waals surface area contributed by atoms with Gasteiger partial charge < -0.3 is 15.4 Å². The molecule has 3 aromatic carbocycles. The predicted octanol–water partition coefficient (Wildman–Crippen LogP) is 4.65. The monoisotopic (exact) mass is 390 g/mol. The zero-order chi connectivity index (χ0) is 19.4. The van der Waals surface area contributed by atoms with Crippen molar-refractivity contribution in [3.05, 3.63) is 108 Å². The van der Waals surface area contributed by atoms with Gasteiger partial charge in [0.15, 0.2) is 5.11 Å². The SMILES string of the molecule is S=C(NCCc1ccccc1)N[C@H](COCc1ccccc1)c1ccccc1. The lowest BCUT2D eigenvalue weighted by Crippen LogP contribution is -2.40. The number of ether oxygens (including phenoxy) is 1. The normalized spacial score (nSPS) is 11.6. The van der Waals surface area contributed by atoms with E-state index in [1.54, 1.807) is 0 Å². The lowest BCUT2D eigenvalue weighted by molar-refractivity contribution is 0.103. The lowest BCUT2D eigenvalue weighted by atomic mass is 10.1. The molecule has 0 saturated heterocycles. The van der Waals surface area contributed by atoms with Gasteiger partial charge in [-0.1, -0.05) is 91.0 Å². The van der Waals surface area contributed by atoms with E-state index in [4.69, 9.17) is 17.0 Å². The summed E-state index contributed by atoms with van der Waals surface area (Å²) in [5.41, 5.74) is 3.62. The third-order valence-electron chi connectivity index (χ3n) is 4.45. The molecular weight excluding hydrogens is 364 g/mol. The molecular formula is C24H26N2OS. The molecule has 3 rings (SSSR count). The Kier molecular flexibility index (Phi) is 8.04. The quantitative estimate of drug-likeness (QED) is 0.521. The molecule has 28 heavy (non-hydrogen) atoms. The molecule has 0 amide bonds. The molecule has 0 aromatic heterocycles. The molecule has 0 spiro atoms. The molecule has 0 radical (unpaired) electrons. The number of rotatable bonds is 9. The van der Waals surface area contributed by atoms with Crippen LogP contribution in [0.15, 0.2) is 91.0 Å². The van der Waals surface area contributed by atoms with Crippen LogP contribution in [0.4, 0.5) is 0 Å². The highest BCUT2D eigenvalue weighted by molar-refractivity contribution is 7.80. The van der Waals surface area contributed by atoms with Crippen molar-refractivity contribution in [3.8, 4) is 0 Å². The fourth-order valence-electron chi connectivity index (χ4n) is 2.95. The van der Waals surface area contributed by atoms with Crippen LogP contribution in [-0.2, 0) is 17.8 Å². The van der Waals surface area contributed by atoms with Crippen LogP contribution in [0.2, 0.25) is 0 Å². The Morgan fingerprint density at radius 1 is 0.786 bits per heavy atom. The average molecular weight is 391 g/mol. The molecule has 0 heterocycles. The molecule has 4 heteroatoms. The number of benzene rings is 3. The Morgan fingerprint density at radius 3 is 2.00 bits per heavy atom. The van der Waals surface area contributed by atoms with Gasteiger partial charge in [-0.2, -0.15) is 0 Å². The summed E-state index contributed by atoms with van der Waals surface area (Å²) in [6.07, 6.45) is 0.934. The van der Waals surface area contributed by atoms with E-state index >= 15 is 0 Å². The summed E-state index contributed by atoms with van der Waals surface area (Å²) in [6, 6.07) is 30.9. The van der Waals surface area contributed by atoms with Crippen molar-refractivity contribution in [2.75, 3.05) is 13.2 Å². The van der Waals surface area contributed by atoms with E-state index in [2.05, 4.69) is 59.2 Å². The van der Waals surface area contributed by atoms with Crippen LogP contribution in [0, 0.1) is 0 Å². The average Bonchev–Trinajstić information content (AvgIpc) is 2.75. The molecule has 3 nitrogen and oxygen atoms in total. The maximum absolute atomic E-state index is 5.96. The molecule has 0 bridgehead atoms. The first-order valence-corrected chi connectivity index (χ1v) is 9.97. The van der Waals surface area contributed by atoms with Gasteiger partial charge in [0.25, 0.3) is 0 Å². The summed E-state index contributed by atoms with van der Waals surface area (Å²) in [7, 11) is 0. The fourth-order valence-corrected chi connectivity index (χ4v) is 3.19. The lowest BCUT2D eigenvalue weighted by Gasteiger charge is -2.21. The van der Waals surface area contributed by atoms with E-state index in [1.165, 1.54) is 5.56 Å². The van der Waals surface area contributed by atoms with E-state index in [-0.39, 0.29) is 6.04 Å². The molecule has 0 saturated carbocycles. The van der Waals surface area contributed by atoms with Gasteiger partial charge in [-0.05, 0) is 35.3 Å². The second kappa shape index (κ2) is 11.2. The topological polar surface area (TPSA) is 33.3 Å². The Bertz CT molecular complexity index is 825. The van der Waals surface area contributed by atoms with Crippen molar-refractivity contribution >= 4 is 17.3 Å². The first kappa shape index (κ1) is 20.1. The van der Waals surface area contributed by atoms with Gasteiger partial charge in [0.2, 0.25) is 0 Å². The molecule has 0 fully saturated rings. The maximum atomic E-state index is 5.96. The van der Waals surface area contributed by atoms with Gasteiger partial charge in [0.1, 0.15) is 0 Å². The highest BCUT2D eigenvalue weighted by Crippen LogP contribution is 2.14. The van der Waals surface area contributed by atoms with Gasteiger partial charge in [-0.15, -0.1) is 0 Å². The van der Waals surface area contributed by atoms with Crippen LogP contribution >= 0.6 is 12.2 Å². The minimum atomic E-state index is 0.00152. The van der Waals surface area contributed by atoms with E-state index in [0.717, 1.165) is 24.1 Å². The summed E-state index contributed by atoms with van der Waals surface area (Å²) in [4.78, 5) is 0. The summed E-state index contributed by atoms with van der Waals surface area (Å²) >= 11 is 5.51. The second-order valence-electron chi connectivity index (χ2n) is 6.60. The summed E-state index contributed by atoms with van der Waals surface area (Å²) in [5, 5.41) is 7.35. The summed E-state index contributed by atoms with van der Waals surface area (Å²) < 4.78 is 5.96. The molecule has 0 aliphatic rings. The number of hydrogen-bond donors (Lipinski definition) is 2. The largest absolute Gasteiger partial charge is 0.374 e. The van der Waals surface area contributed by atoms with E-state index in [0.29, 0.717) is 18.3 Å². The maximum Gasteiger partial charge on any atom is 0.166 e. The fraction of sp³-hybridized carbons (Fsp3) is 0.208. The Hall–Kier alpha value is -2.69. The summed E-state index contributed by atoms with van der Waals surface area (Å²) in [6.45, 7) is 1.92. The molecule has 0 aliphatic carbocycles. The molecule has 3 aromatic rings. The number of nitrogens with one attached hydrogen (secondary N) is 2. The van der Waals surface area contributed by atoms with Crippen LogP contribution in [-0.4, -0.2) is 18.3 Å². The van der Waals surface area contributed by atoms with Gasteiger partial charge in [-0.25, -0.2) is 0 Å². The Morgan fingerprint density at radius 2 is 1.36 bits per heavy atom. The van der Waals surface area contributed by atoms with Crippen molar-refractivity contribution in [2.45, 2.75) is 19.1 Å². The van der Waals surface area contributed by atoms with Crippen LogP contribution in [0.25, 0.3) is 0 Å². The van der Waals surface area contributed by atoms with Gasteiger partial charge in [-0.3, -0.25) is 0 Å². The molecule has 1 atom stereocenters. The van der Waals surface area contributed by atoms with Crippen LogP contribution in [0.3, 0.4) is 0 Å². The molecule has 2 N–H and O–H groups in total. The first-order chi connectivity index (χ1) is 13.8. The minimum absolute atomic E-state index is 0.00152. The second-order valence-corrected chi connectivity index (χ2v) is 7.01. The smallest absolute Gasteiger partial charge is 0.166 e. The highest BCUT2D eigenvalue weighted by atomic mass is 32.1. The first-order valence-electron chi connectivity index (χ1n) is 9.56. The van der Waals surface area contributed by atoms with Crippen molar-refractivity contribution < 1.29 is 4.74 Å². The summed E-state index contributed by atoms with van der Waals surface area (Å²) in [5.74, 6) is 0. The van der Waals surface area contributed by atoms with E-state index in [1.807, 2.05) is 42.5 Å². The van der Waals surface area contributed by atoms with Crippen molar-refractivity contribution in [3.63, 3.8) is 0 Å². The van der Waals surface area contributed by atoms with Crippen LogP contribution in [0.1, 0.15) is 22.7 Å². The number of hydrogen-bond acceptors (Lipinski definition) is 2. The van der Waals surface area contributed by atoms with E-state index < -0.39 is 0 Å². The zero-order valence-corrected chi connectivity index (χ0v) is 16.7. The van der Waals surface area contributed by atoms with Gasteiger partial charge >= 0.3 is 0 Å². The number of thiocarbonyl (C=S) groups is 1. The third-order valence-corrected chi connectivity index (χ3v) is 4.71. The van der Waals surface area contributed by atoms with E-state index in [9.17, 15) is 0 Å². The third kappa shape index (κ3) is 6.80. The Balaban J connectivity index is 1.50. The van der Waals surface area contributed by atoms with Crippen molar-refractivity contribution in [1.29, 1.82) is 0 Å². The minimum Gasteiger partial charge on any atom is -0.374 e.